The molecule has 2 aliphatic heterocycles. The van der Waals surface area contributed by atoms with Gasteiger partial charge in [0.25, 0.3) is 0 Å². The number of hydrogen-bond acceptors (Lipinski definition) is 5. The standard InChI is InChI=1S/C19H27F3N4O3.HI/c1-2-23-18(26-7-9-28-16(12-26)15-4-3-8-27-15)25-11-14-5-6-17(24-10-14)29-13-19(20,21)22;/h5-6,10,15-16H,2-4,7-9,11-13H2,1H3,(H,23,25);1H. The average molecular weight is 544 g/mol. The lowest BCUT2D eigenvalue weighted by molar-refractivity contribution is -0.154. The second kappa shape index (κ2) is 11.9. The molecule has 2 saturated heterocycles. The summed E-state index contributed by atoms with van der Waals surface area (Å²) in [5.74, 6) is 0.714. The second-order valence-electron chi connectivity index (χ2n) is 6.99. The molecule has 11 heteroatoms. The van der Waals surface area contributed by atoms with Crippen molar-refractivity contribution in [2.24, 2.45) is 4.99 Å². The van der Waals surface area contributed by atoms with Crippen LogP contribution in [0.15, 0.2) is 23.3 Å². The highest BCUT2D eigenvalue weighted by molar-refractivity contribution is 14.0. The number of morpholine rings is 1. The monoisotopic (exact) mass is 544 g/mol. The first-order chi connectivity index (χ1) is 13.9. The van der Waals surface area contributed by atoms with E-state index in [0.717, 1.165) is 44.1 Å². The second-order valence-corrected chi connectivity index (χ2v) is 6.99. The van der Waals surface area contributed by atoms with Crippen molar-refractivity contribution >= 4 is 29.9 Å². The molecule has 1 N–H and O–H groups in total. The maximum absolute atomic E-state index is 12.2. The molecule has 0 amide bonds. The molecule has 2 fully saturated rings. The van der Waals surface area contributed by atoms with Crippen LogP contribution in [0, 0.1) is 0 Å². The van der Waals surface area contributed by atoms with Gasteiger partial charge < -0.3 is 24.4 Å². The van der Waals surface area contributed by atoms with Gasteiger partial charge in [-0.15, -0.1) is 24.0 Å². The Balaban J connectivity index is 0.00000320. The van der Waals surface area contributed by atoms with E-state index in [1.54, 1.807) is 6.07 Å². The zero-order valence-corrected chi connectivity index (χ0v) is 19.2. The highest BCUT2D eigenvalue weighted by Crippen LogP contribution is 2.21. The van der Waals surface area contributed by atoms with Gasteiger partial charge >= 0.3 is 6.18 Å². The normalized spacial score (nSPS) is 22.5. The Morgan fingerprint density at radius 1 is 1.30 bits per heavy atom. The molecule has 30 heavy (non-hydrogen) atoms. The van der Waals surface area contributed by atoms with Crippen LogP contribution in [0.2, 0.25) is 0 Å². The molecule has 2 unspecified atom stereocenters. The number of rotatable bonds is 6. The Hall–Kier alpha value is -1.34. The van der Waals surface area contributed by atoms with Crippen molar-refractivity contribution in [1.29, 1.82) is 0 Å². The van der Waals surface area contributed by atoms with Gasteiger partial charge in [-0.2, -0.15) is 13.2 Å². The van der Waals surface area contributed by atoms with Crippen LogP contribution >= 0.6 is 24.0 Å². The van der Waals surface area contributed by atoms with Gasteiger partial charge in [-0.3, -0.25) is 0 Å². The van der Waals surface area contributed by atoms with Crippen LogP contribution in [0.4, 0.5) is 13.2 Å². The number of aromatic nitrogens is 1. The zero-order valence-electron chi connectivity index (χ0n) is 16.9. The van der Waals surface area contributed by atoms with Crippen molar-refractivity contribution in [1.82, 2.24) is 15.2 Å². The predicted octanol–water partition coefficient (Wildman–Crippen LogP) is 2.99. The molecule has 1 aromatic rings. The summed E-state index contributed by atoms with van der Waals surface area (Å²) in [7, 11) is 0. The summed E-state index contributed by atoms with van der Waals surface area (Å²) < 4.78 is 52.9. The molecule has 7 nitrogen and oxygen atoms in total. The molecule has 0 aromatic carbocycles. The summed E-state index contributed by atoms with van der Waals surface area (Å²) >= 11 is 0. The van der Waals surface area contributed by atoms with Crippen molar-refractivity contribution in [3.63, 3.8) is 0 Å². The first-order valence-corrected chi connectivity index (χ1v) is 9.85. The fourth-order valence-corrected chi connectivity index (χ4v) is 3.33. The minimum absolute atomic E-state index is 0. The van der Waals surface area contributed by atoms with E-state index in [0.29, 0.717) is 19.7 Å². The summed E-state index contributed by atoms with van der Waals surface area (Å²) in [5, 5.41) is 3.29. The molecule has 2 aliphatic rings. The summed E-state index contributed by atoms with van der Waals surface area (Å²) in [6.45, 7) is 4.57. The zero-order chi connectivity index (χ0) is 20.7. The van der Waals surface area contributed by atoms with E-state index in [-0.39, 0.29) is 42.1 Å². The third kappa shape index (κ3) is 7.73. The quantitative estimate of drug-likeness (QED) is 0.338. The van der Waals surface area contributed by atoms with Crippen LogP contribution in [-0.4, -0.2) is 73.7 Å². The van der Waals surface area contributed by atoms with E-state index in [9.17, 15) is 13.2 Å². The number of halogens is 4. The molecule has 0 saturated carbocycles. The summed E-state index contributed by atoms with van der Waals surface area (Å²) in [6.07, 6.45) is -0.663. The van der Waals surface area contributed by atoms with Crippen molar-refractivity contribution in [3.05, 3.63) is 23.9 Å². The third-order valence-corrected chi connectivity index (χ3v) is 4.70. The summed E-state index contributed by atoms with van der Waals surface area (Å²) in [5.41, 5.74) is 0.781. The Morgan fingerprint density at radius 3 is 2.73 bits per heavy atom. The Bertz CT molecular complexity index is 670. The van der Waals surface area contributed by atoms with Crippen LogP contribution < -0.4 is 10.1 Å². The molecular formula is C19H28F3IN4O3. The van der Waals surface area contributed by atoms with Gasteiger partial charge in [0.2, 0.25) is 5.88 Å². The highest BCUT2D eigenvalue weighted by Gasteiger charge is 2.32. The number of nitrogens with one attached hydrogen (secondary N) is 1. The van der Waals surface area contributed by atoms with Crippen molar-refractivity contribution in [2.75, 3.05) is 39.5 Å². The maximum atomic E-state index is 12.2. The van der Waals surface area contributed by atoms with Gasteiger partial charge in [-0.25, -0.2) is 9.98 Å². The number of guanidine groups is 1. The molecule has 3 rings (SSSR count). The molecule has 0 radical (unpaired) electrons. The first-order valence-electron chi connectivity index (χ1n) is 9.85. The highest BCUT2D eigenvalue weighted by atomic mass is 127. The largest absolute Gasteiger partial charge is 0.468 e. The number of ether oxygens (including phenoxy) is 3. The Morgan fingerprint density at radius 2 is 2.10 bits per heavy atom. The van der Waals surface area contributed by atoms with Crippen molar-refractivity contribution < 1.29 is 27.4 Å². The SMILES string of the molecule is CCNC(=NCc1ccc(OCC(F)(F)F)nc1)N1CCOC(C2CCCO2)C1.I. The number of pyridine rings is 1. The van der Waals surface area contributed by atoms with E-state index >= 15 is 0 Å². The lowest BCUT2D eigenvalue weighted by Gasteiger charge is -2.37. The molecule has 0 bridgehead atoms. The molecular weight excluding hydrogens is 516 g/mol. The van der Waals surface area contributed by atoms with Gasteiger partial charge in [-0.05, 0) is 25.3 Å². The maximum Gasteiger partial charge on any atom is 0.422 e. The first kappa shape index (κ1) is 24.9. The third-order valence-electron chi connectivity index (χ3n) is 4.70. The van der Waals surface area contributed by atoms with Gasteiger partial charge in [0.05, 0.1) is 19.3 Å². The minimum Gasteiger partial charge on any atom is -0.468 e. The van der Waals surface area contributed by atoms with Crippen LogP contribution in [0.25, 0.3) is 0 Å². The minimum atomic E-state index is -4.38. The van der Waals surface area contributed by atoms with E-state index < -0.39 is 12.8 Å². The van der Waals surface area contributed by atoms with Crippen LogP contribution in [0.3, 0.4) is 0 Å². The predicted molar refractivity (Wildman–Crippen MR) is 116 cm³/mol. The van der Waals surface area contributed by atoms with E-state index in [4.69, 9.17) is 9.47 Å². The van der Waals surface area contributed by atoms with Crippen molar-refractivity contribution in [3.8, 4) is 5.88 Å². The van der Waals surface area contributed by atoms with E-state index in [1.807, 2.05) is 6.92 Å². The number of alkyl halides is 3. The lowest BCUT2D eigenvalue weighted by atomic mass is 10.1. The topological polar surface area (TPSA) is 68.2 Å². The molecule has 3 heterocycles. The van der Waals surface area contributed by atoms with E-state index in [1.165, 1.54) is 12.3 Å². The molecule has 1 aromatic heterocycles. The molecule has 0 aliphatic carbocycles. The van der Waals surface area contributed by atoms with Crippen LogP contribution in [-0.2, 0) is 16.0 Å². The number of nitrogens with zero attached hydrogens (tertiary/aromatic N) is 3. The number of hydrogen-bond donors (Lipinski definition) is 1. The van der Waals surface area contributed by atoms with Crippen molar-refractivity contribution in [2.45, 2.75) is 44.7 Å². The Kier molecular flexibility index (Phi) is 9.88. The smallest absolute Gasteiger partial charge is 0.422 e. The number of aliphatic imine (C=N–C) groups is 1. The fourth-order valence-electron chi connectivity index (χ4n) is 3.33. The average Bonchev–Trinajstić information content (AvgIpc) is 3.25. The summed E-state index contributed by atoms with van der Waals surface area (Å²) in [4.78, 5) is 10.7. The van der Waals surface area contributed by atoms with Crippen LogP contribution in [0.5, 0.6) is 5.88 Å². The van der Waals surface area contributed by atoms with Gasteiger partial charge in [-0.1, -0.05) is 6.07 Å². The molecule has 2 atom stereocenters. The lowest BCUT2D eigenvalue weighted by Crippen LogP contribution is -2.53. The Labute approximate surface area is 191 Å². The fraction of sp³-hybridized carbons (Fsp3) is 0.684. The van der Waals surface area contributed by atoms with Gasteiger partial charge in [0.15, 0.2) is 12.6 Å². The molecule has 170 valence electrons. The van der Waals surface area contributed by atoms with Gasteiger partial charge in [0, 0.05) is 38.5 Å². The van der Waals surface area contributed by atoms with Gasteiger partial charge in [0.1, 0.15) is 6.10 Å². The molecule has 0 spiro atoms. The van der Waals surface area contributed by atoms with Crippen LogP contribution in [0.1, 0.15) is 25.3 Å². The van der Waals surface area contributed by atoms with E-state index in [2.05, 4.69) is 24.9 Å². The summed E-state index contributed by atoms with van der Waals surface area (Å²) in [6, 6.07) is 3.09.